The van der Waals surface area contributed by atoms with E-state index < -0.39 is 0 Å². The van der Waals surface area contributed by atoms with Crippen LogP contribution in [0.25, 0.3) is 0 Å². The van der Waals surface area contributed by atoms with E-state index in [1.54, 1.807) is 5.57 Å². The van der Waals surface area contributed by atoms with Gasteiger partial charge in [-0.1, -0.05) is 37.6 Å². The third-order valence-electron chi connectivity index (χ3n) is 2.84. The molecule has 0 heterocycles. The predicted octanol–water partition coefficient (Wildman–Crippen LogP) is 3.70. The van der Waals surface area contributed by atoms with Crippen LogP contribution >= 0.6 is 0 Å². The highest BCUT2D eigenvalue weighted by Crippen LogP contribution is 2.46. The van der Waals surface area contributed by atoms with Crippen LogP contribution < -0.4 is 0 Å². The zero-order valence-electron chi connectivity index (χ0n) is 8.19. The van der Waals surface area contributed by atoms with Crippen molar-refractivity contribution in [3.8, 4) is 0 Å². The summed E-state index contributed by atoms with van der Waals surface area (Å²) < 4.78 is 0. The van der Waals surface area contributed by atoms with Crippen LogP contribution in [0.1, 0.15) is 39.5 Å². The van der Waals surface area contributed by atoms with Crippen LogP contribution in [0.15, 0.2) is 23.8 Å². The van der Waals surface area contributed by atoms with Crippen molar-refractivity contribution in [2.75, 3.05) is 0 Å². The number of hydrogen-bond donors (Lipinski definition) is 0. The lowest BCUT2D eigenvalue weighted by molar-refractivity contribution is 0.447. The van der Waals surface area contributed by atoms with Crippen LogP contribution in [0, 0.1) is 11.3 Å². The summed E-state index contributed by atoms with van der Waals surface area (Å²) in [5.41, 5.74) is 3.49. The molecule has 1 fully saturated rings. The minimum Gasteiger partial charge on any atom is -0.0995 e. The fraction of sp³-hybridized carbons (Fsp3) is 0.667. The summed E-state index contributed by atoms with van der Waals surface area (Å²) >= 11 is 0. The first kappa shape index (κ1) is 8.10. The molecule has 0 aromatic carbocycles. The molecule has 0 nitrogen and oxygen atoms in total. The normalized spacial score (nSPS) is 28.5. The lowest BCUT2D eigenvalue weighted by Gasteiger charge is -2.29. The first-order valence-electron chi connectivity index (χ1n) is 4.95. The van der Waals surface area contributed by atoms with Gasteiger partial charge in [0.15, 0.2) is 0 Å². The number of rotatable bonds is 1. The fourth-order valence-corrected chi connectivity index (χ4v) is 2.32. The Morgan fingerprint density at radius 3 is 2.58 bits per heavy atom. The van der Waals surface area contributed by atoms with Crippen LogP contribution in [0.2, 0.25) is 0 Å². The molecule has 0 unspecified atom stereocenters. The van der Waals surface area contributed by atoms with Crippen molar-refractivity contribution >= 4 is 0 Å². The highest BCUT2D eigenvalue weighted by atomic mass is 14.4. The van der Waals surface area contributed by atoms with Crippen LogP contribution in [0.5, 0.6) is 0 Å². The Bertz CT molecular complexity index is 239. The maximum absolute atomic E-state index is 4.13. The van der Waals surface area contributed by atoms with Crippen LogP contribution in [-0.2, 0) is 0 Å². The van der Waals surface area contributed by atoms with Gasteiger partial charge in [0.05, 0.1) is 0 Å². The molecule has 1 saturated carbocycles. The summed E-state index contributed by atoms with van der Waals surface area (Å²) in [7, 11) is 0. The second-order valence-electron chi connectivity index (χ2n) is 5.09. The van der Waals surface area contributed by atoms with Gasteiger partial charge in [0.25, 0.3) is 0 Å². The van der Waals surface area contributed by atoms with E-state index in [9.17, 15) is 0 Å². The number of allylic oxidation sites excluding steroid dienone is 3. The second kappa shape index (κ2) is 2.48. The van der Waals surface area contributed by atoms with Crippen molar-refractivity contribution in [3.63, 3.8) is 0 Å². The van der Waals surface area contributed by atoms with Crippen LogP contribution in [0.4, 0.5) is 0 Å². The molecule has 12 heavy (non-hydrogen) atoms. The van der Waals surface area contributed by atoms with Gasteiger partial charge >= 0.3 is 0 Å². The van der Waals surface area contributed by atoms with Crippen molar-refractivity contribution in [1.82, 2.24) is 0 Å². The molecule has 66 valence electrons. The van der Waals surface area contributed by atoms with E-state index in [1.165, 1.54) is 31.3 Å². The third kappa shape index (κ3) is 1.63. The zero-order chi connectivity index (χ0) is 8.77. The zero-order valence-corrected chi connectivity index (χ0v) is 8.19. The molecule has 0 radical (unpaired) electrons. The molecule has 0 heteroatoms. The molecule has 2 rings (SSSR count). The van der Waals surface area contributed by atoms with Gasteiger partial charge in [0.2, 0.25) is 0 Å². The average Bonchev–Trinajstić information content (AvgIpc) is 2.61. The lowest BCUT2D eigenvalue weighted by atomic mass is 9.76. The molecule has 2 aliphatic carbocycles. The molecule has 0 spiro atoms. The van der Waals surface area contributed by atoms with Gasteiger partial charge in [0.1, 0.15) is 0 Å². The van der Waals surface area contributed by atoms with E-state index >= 15 is 0 Å². The van der Waals surface area contributed by atoms with Gasteiger partial charge < -0.3 is 0 Å². The summed E-state index contributed by atoms with van der Waals surface area (Å²) in [6.45, 7) is 8.77. The van der Waals surface area contributed by atoms with Gasteiger partial charge in [-0.2, -0.15) is 0 Å². The SMILES string of the molecule is C=C1CC(C2CC2)=CC(C)(C)C1. The first-order chi connectivity index (χ1) is 5.57. The minimum atomic E-state index is 0.382. The maximum atomic E-state index is 4.13. The Labute approximate surface area is 75.4 Å². The third-order valence-corrected chi connectivity index (χ3v) is 2.84. The molecular formula is C12H18. The average molecular weight is 162 g/mol. The monoisotopic (exact) mass is 162 g/mol. The Balaban J connectivity index is 2.21. The van der Waals surface area contributed by atoms with E-state index in [1.807, 2.05) is 0 Å². The van der Waals surface area contributed by atoms with Gasteiger partial charge in [0, 0.05) is 0 Å². The van der Waals surface area contributed by atoms with E-state index in [4.69, 9.17) is 0 Å². The standard InChI is InChI=1S/C12H18/c1-9-6-11(10-4-5-10)8-12(2,3)7-9/h8,10H,1,4-7H2,2-3H3. The largest absolute Gasteiger partial charge is 0.0995 e. The van der Waals surface area contributed by atoms with Crippen LogP contribution in [-0.4, -0.2) is 0 Å². The van der Waals surface area contributed by atoms with E-state index in [0.717, 1.165) is 5.92 Å². The van der Waals surface area contributed by atoms with E-state index in [-0.39, 0.29) is 0 Å². The maximum Gasteiger partial charge on any atom is -0.0108 e. The van der Waals surface area contributed by atoms with Gasteiger partial charge in [-0.15, -0.1) is 0 Å². The molecule has 0 aliphatic heterocycles. The van der Waals surface area contributed by atoms with Crippen molar-refractivity contribution in [2.24, 2.45) is 11.3 Å². The molecular weight excluding hydrogens is 144 g/mol. The van der Waals surface area contributed by atoms with Gasteiger partial charge in [-0.3, -0.25) is 0 Å². The highest BCUT2D eigenvalue weighted by Gasteiger charge is 2.31. The smallest absolute Gasteiger partial charge is 0.0108 e. The summed E-state index contributed by atoms with van der Waals surface area (Å²) in [5, 5.41) is 0. The quantitative estimate of drug-likeness (QED) is 0.516. The summed E-state index contributed by atoms with van der Waals surface area (Å²) in [6, 6.07) is 0. The summed E-state index contributed by atoms with van der Waals surface area (Å²) in [4.78, 5) is 0. The topological polar surface area (TPSA) is 0 Å². The molecule has 2 aliphatic rings. The van der Waals surface area contributed by atoms with E-state index in [2.05, 4.69) is 26.5 Å². The molecule has 0 saturated heterocycles. The molecule has 0 N–H and O–H groups in total. The van der Waals surface area contributed by atoms with Gasteiger partial charge in [-0.25, -0.2) is 0 Å². The van der Waals surface area contributed by atoms with Crippen molar-refractivity contribution in [1.29, 1.82) is 0 Å². The Kier molecular flexibility index (Phi) is 1.67. The molecule has 0 atom stereocenters. The second-order valence-corrected chi connectivity index (χ2v) is 5.09. The molecule has 0 amide bonds. The molecule has 0 aromatic rings. The minimum absolute atomic E-state index is 0.382. The molecule has 0 bridgehead atoms. The Hall–Kier alpha value is -0.520. The fourth-order valence-electron chi connectivity index (χ4n) is 2.32. The summed E-state index contributed by atoms with van der Waals surface area (Å²) in [5.74, 6) is 0.932. The Morgan fingerprint density at radius 2 is 2.08 bits per heavy atom. The van der Waals surface area contributed by atoms with Crippen molar-refractivity contribution < 1.29 is 0 Å². The summed E-state index contributed by atoms with van der Waals surface area (Å²) in [6.07, 6.45) is 7.72. The van der Waals surface area contributed by atoms with E-state index in [0.29, 0.717) is 5.41 Å². The van der Waals surface area contributed by atoms with Crippen molar-refractivity contribution in [3.05, 3.63) is 23.8 Å². The Morgan fingerprint density at radius 1 is 1.42 bits per heavy atom. The highest BCUT2D eigenvalue weighted by molar-refractivity contribution is 5.27. The van der Waals surface area contributed by atoms with Gasteiger partial charge in [-0.05, 0) is 37.0 Å². The van der Waals surface area contributed by atoms with Crippen LogP contribution in [0.3, 0.4) is 0 Å². The lowest BCUT2D eigenvalue weighted by Crippen LogP contribution is -2.15. The first-order valence-corrected chi connectivity index (χ1v) is 4.95. The number of hydrogen-bond acceptors (Lipinski definition) is 0. The molecule has 0 aromatic heterocycles. The predicted molar refractivity (Wildman–Crippen MR) is 53.0 cm³/mol. The van der Waals surface area contributed by atoms with Crippen molar-refractivity contribution in [2.45, 2.75) is 39.5 Å².